The van der Waals surface area contributed by atoms with Gasteiger partial charge in [0.25, 0.3) is 0 Å². The lowest BCUT2D eigenvalue weighted by molar-refractivity contribution is -0.132. The van der Waals surface area contributed by atoms with Crippen molar-refractivity contribution in [1.29, 1.82) is 0 Å². The maximum absolute atomic E-state index is 12.5. The predicted molar refractivity (Wildman–Crippen MR) is 145 cm³/mol. The molecule has 2 fully saturated rings. The van der Waals surface area contributed by atoms with Crippen LogP contribution in [0.2, 0.25) is 5.02 Å². The summed E-state index contributed by atoms with van der Waals surface area (Å²) in [6.07, 6.45) is 2.06. The van der Waals surface area contributed by atoms with Crippen LogP contribution in [0, 0.1) is 19.8 Å². The fourth-order valence-electron chi connectivity index (χ4n) is 4.99. The molecule has 0 unspecified atom stereocenters. The number of piperazine rings is 1. The van der Waals surface area contributed by atoms with Crippen molar-refractivity contribution in [2.75, 3.05) is 36.4 Å². The van der Waals surface area contributed by atoms with E-state index < -0.39 is 0 Å². The number of nitrogens with zero attached hydrogens (tertiary/aromatic N) is 5. The van der Waals surface area contributed by atoms with Crippen molar-refractivity contribution in [1.82, 2.24) is 20.0 Å². The summed E-state index contributed by atoms with van der Waals surface area (Å²) >= 11 is 6.21. The fourth-order valence-corrected chi connectivity index (χ4v) is 5.20. The molecule has 9 heteroatoms. The molecule has 1 amide bonds. The number of benzene rings is 2. The van der Waals surface area contributed by atoms with E-state index >= 15 is 0 Å². The molecule has 2 aromatic carbocycles. The van der Waals surface area contributed by atoms with Gasteiger partial charge in [0.15, 0.2) is 0 Å². The van der Waals surface area contributed by atoms with E-state index in [0.717, 1.165) is 70.8 Å². The number of anilines is 2. The van der Waals surface area contributed by atoms with Gasteiger partial charge in [-0.15, -0.1) is 0 Å². The third-order valence-electron chi connectivity index (χ3n) is 7.16. The molecule has 1 N–H and O–H groups in total. The third kappa shape index (κ3) is 4.85. The molecule has 0 bridgehead atoms. The van der Waals surface area contributed by atoms with Crippen molar-refractivity contribution in [2.45, 2.75) is 33.2 Å². The highest BCUT2D eigenvalue weighted by molar-refractivity contribution is 6.30. The van der Waals surface area contributed by atoms with E-state index in [1.54, 1.807) is 0 Å². The quantitative estimate of drug-likeness (QED) is 0.375. The fraction of sp³-hybridized carbons (Fsp3) is 0.357. The number of amides is 1. The average Bonchev–Trinajstić information content (AvgIpc) is 3.71. The highest BCUT2D eigenvalue weighted by Gasteiger charge is 2.35. The van der Waals surface area contributed by atoms with E-state index in [1.165, 1.54) is 0 Å². The first-order valence-electron chi connectivity index (χ1n) is 12.7. The summed E-state index contributed by atoms with van der Waals surface area (Å²) in [7, 11) is 0. The molecule has 0 atom stereocenters. The molecule has 8 nitrogen and oxygen atoms in total. The minimum absolute atomic E-state index is 0.248. The smallest absolute Gasteiger partial charge is 0.228 e. The molecule has 2 aliphatic rings. The Bertz CT molecular complexity index is 1450. The van der Waals surface area contributed by atoms with E-state index in [0.29, 0.717) is 36.5 Å². The van der Waals surface area contributed by atoms with Crippen LogP contribution in [0.25, 0.3) is 22.0 Å². The molecule has 3 heterocycles. The first-order chi connectivity index (χ1) is 18.0. The van der Waals surface area contributed by atoms with Gasteiger partial charge in [0.05, 0.1) is 11.2 Å². The van der Waals surface area contributed by atoms with Crippen molar-refractivity contribution < 1.29 is 9.32 Å². The monoisotopic (exact) mass is 516 g/mol. The van der Waals surface area contributed by atoms with Crippen LogP contribution in [0.4, 0.5) is 11.8 Å². The van der Waals surface area contributed by atoms with Gasteiger partial charge in [-0.2, -0.15) is 4.98 Å². The predicted octanol–water partition coefficient (Wildman–Crippen LogP) is 5.23. The van der Waals surface area contributed by atoms with Gasteiger partial charge in [-0.1, -0.05) is 35.0 Å². The van der Waals surface area contributed by atoms with Gasteiger partial charge in [0.2, 0.25) is 11.9 Å². The molecule has 37 heavy (non-hydrogen) atoms. The van der Waals surface area contributed by atoms with Gasteiger partial charge >= 0.3 is 0 Å². The standard InChI is InChI=1S/C28H29ClN6O2/c1-17-25(18(2)37-33-17)21-8-9-24-23(15-21)26(30-16-19-4-3-5-22(29)14-19)32-28(31-24)35-12-10-34(11-13-35)27(36)20-6-7-20/h3-5,8-9,14-15,20H,6-7,10-13,16H2,1-2H3,(H,30,31,32). The normalized spacial score (nSPS) is 15.9. The van der Waals surface area contributed by atoms with Gasteiger partial charge < -0.3 is 19.6 Å². The summed E-state index contributed by atoms with van der Waals surface area (Å²) in [5.74, 6) is 2.75. The van der Waals surface area contributed by atoms with Gasteiger partial charge in [-0.3, -0.25) is 4.79 Å². The lowest BCUT2D eigenvalue weighted by Crippen LogP contribution is -2.49. The lowest BCUT2D eigenvalue weighted by Gasteiger charge is -2.35. The second kappa shape index (κ2) is 9.67. The average molecular weight is 517 g/mol. The van der Waals surface area contributed by atoms with Crippen LogP contribution < -0.4 is 10.2 Å². The topological polar surface area (TPSA) is 87.4 Å². The van der Waals surface area contributed by atoms with Gasteiger partial charge in [-0.25, -0.2) is 4.98 Å². The first-order valence-corrected chi connectivity index (χ1v) is 13.1. The van der Waals surface area contributed by atoms with E-state index in [9.17, 15) is 4.79 Å². The third-order valence-corrected chi connectivity index (χ3v) is 7.39. The molecule has 1 aliphatic carbocycles. The van der Waals surface area contributed by atoms with Gasteiger partial charge in [0.1, 0.15) is 11.6 Å². The molecule has 1 aliphatic heterocycles. The molecule has 0 spiro atoms. The Labute approximate surface area is 220 Å². The number of aromatic nitrogens is 3. The minimum Gasteiger partial charge on any atom is -0.365 e. The Kier molecular flexibility index (Phi) is 6.20. The van der Waals surface area contributed by atoms with Crippen molar-refractivity contribution in [2.24, 2.45) is 5.92 Å². The molecule has 190 valence electrons. The molecule has 2 aromatic heterocycles. The van der Waals surface area contributed by atoms with Crippen molar-refractivity contribution in [3.05, 3.63) is 64.5 Å². The minimum atomic E-state index is 0.248. The van der Waals surface area contributed by atoms with E-state index in [1.807, 2.05) is 49.1 Å². The zero-order valence-electron chi connectivity index (χ0n) is 21.0. The molecule has 4 aromatic rings. The number of hydrogen-bond donors (Lipinski definition) is 1. The Balaban J connectivity index is 1.33. The lowest BCUT2D eigenvalue weighted by atomic mass is 10.0. The summed E-state index contributed by atoms with van der Waals surface area (Å²) in [5, 5.41) is 9.26. The van der Waals surface area contributed by atoms with Crippen LogP contribution in [0.3, 0.4) is 0 Å². The zero-order chi connectivity index (χ0) is 25.5. The van der Waals surface area contributed by atoms with Crippen LogP contribution in [0.1, 0.15) is 29.9 Å². The van der Waals surface area contributed by atoms with Gasteiger partial charge in [-0.05, 0) is 62.1 Å². The van der Waals surface area contributed by atoms with Crippen LogP contribution in [0.5, 0.6) is 0 Å². The number of nitrogens with one attached hydrogen (secondary N) is 1. The summed E-state index contributed by atoms with van der Waals surface area (Å²) in [6, 6.07) is 14.0. The van der Waals surface area contributed by atoms with E-state index in [4.69, 9.17) is 26.1 Å². The van der Waals surface area contributed by atoms with E-state index in [-0.39, 0.29) is 5.92 Å². The summed E-state index contributed by atoms with van der Waals surface area (Å²) < 4.78 is 5.41. The van der Waals surface area contributed by atoms with E-state index in [2.05, 4.69) is 27.5 Å². The second-order valence-corrected chi connectivity index (χ2v) is 10.3. The molecule has 1 saturated carbocycles. The number of halogens is 1. The molecule has 1 saturated heterocycles. The number of fused-ring (bicyclic) bond motifs is 1. The summed E-state index contributed by atoms with van der Waals surface area (Å²) in [6.45, 7) is 7.28. The highest BCUT2D eigenvalue weighted by Crippen LogP contribution is 2.34. The number of carbonyl (C=O) groups is 1. The van der Waals surface area contributed by atoms with Crippen LogP contribution in [-0.2, 0) is 11.3 Å². The van der Waals surface area contributed by atoms with Crippen molar-refractivity contribution in [3.63, 3.8) is 0 Å². The van der Waals surface area contributed by atoms with Crippen LogP contribution >= 0.6 is 11.6 Å². The van der Waals surface area contributed by atoms with Gasteiger partial charge in [0, 0.05) is 54.6 Å². The zero-order valence-corrected chi connectivity index (χ0v) is 21.8. The molecule has 0 radical (unpaired) electrons. The summed E-state index contributed by atoms with van der Waals surface area (Å²) in [4.78, 5) is 26.6. The Morgan fingerprint density at radius 1 is 1.08 bits per heavy atom. The molecular formula is C28H29ClN6O2. The number of aryl methyl sites for hydroxylation is 2. The molecule has 6 rings (SSSR count). The maximum Gasteiger partial charge on any atom is 0.228 e. The maximum atomic E-state index is 12.5. The Hall–Kier alpha value is -3.65. The SMILES string of the molecule is Cc1noc(C)c1-c1ccc2nc(N3CCN(C(=O)C4CC4)CC3)nc(NCc3cccc(Cl)c3)c2c1. The number of carbonyl (C=O) groups excluding carboxylic acids is 1. The Morgan fingerprint density at radius 2 is 1.89 bits per heavy atom. The largest absolute Gasteiger partial charge is 0.365 e. The highest BCUT2D eigenvalue weighted by atomic mass is 35.5. The van der Waals surface area contributed by atoms with Crippen molar-refractivity contribution in [3.8, 4) is 11.1 Å². The number of rotatable bonds is 6. The van der Waals surface area contributed by atoms with Crippen LogP contribution in [0.15, 0.2) is 47.0 Å². The summed E-state index contributed by atoms with van der Waals surface area (Å²) in [5.41, 5.74) is 4.77. The van der Waals surface area contributed by atoms with Crippen LogP contribution in [-0.4, -0.2) is 52.1 Å². The number of hydrogen-bond acceptors (Lipinski definition) is 7. The Morgan fingerprint density at radius 3 is 2.59 bits per heavy atom. The molecular weight excluding hydrogens is 488 g/mol. The van der Waals surface area contributed by atoms with Crippen molar-refractivity contribution >= 4 is 40.2 Å². The second-order valence-electron chi connectivity index (χ2n) is 9.87. The first kappa shape index (κ1) is 23.7.